The average molecular weight is 230 g/mol. The highest BCUT2D eigenvalue weighted by Gasteiger charge is 2.50. The van der Waals surface area contributed by atoms with Gasteiger partial charge in [0.1, 0.15) is 0 Å². The van der Waals surface area contributed by atoms with Crippen LogP contribution in [0.25, 0.3) is 0 Å². The van der Waals surface area contributed by atoms with Crippen molar-refractivity contribution in [2.75, 3.05) is 14.1 Å². The third kappa shape index (κ3) is 1.46. The molecule has 2 atom stereocenters. The third-order valence-electron chi connectivity index (χ3n) is 3.86. The Morgan fingerprint density at radius 3 is 2.41 bits per heavy atom. The molecule has 2 amide bonds. The van der Waals surface area contributed by atoms with E-state index in [-0.39, 0.29) is 17.6 Å². The molecule has 0 aliphatic carbocycles. The lowest BCUT2D eigenvalue weighted by molar-refractivity contribution is 0.181. The molecular formula is C14H18N2O. The predicted octanol–water partition coefficient (Wildman–Crippen LogP) is 2.45. The Labute approximate surface area is 102 Å². The van der Waals surface area contributed by atoms with E-state index >= 15 is 0 Å². The second-order valence-corrected chi connectivity index (χ2v) is 4.65. The summed E-state index contributed by atoms with van der Waals surface area (Å²) < 4.78 is 0. The number of benzene rings is 1. The lowest BCUT2D eigenvalue weighted by Gasteiger charge is -2.35. The van der Waals surface area contributed by atoms with E-state index in [0.717, 1.165) is 5.56 Å². The Kier molecular flexibility index (Phi) is 2.69. The van der Waals surface area contributed by atoms with Crippen LogP contribution in [0.1, 0.15) is 12.5 Å². The van der Waals surface area contributed by atoms with Crippen molar-refractivity contribution >= 4 is 6.03 Å². The normalized spacial score (nSPS) is 28.6. The van der Waals surface area contributed by atoms with Gasteiger partial charge in [-0.25, -0.2) is 4.79 Å². The van der Waals surface area contributed by atoms with Crippen molar-refractivity contribution in [1.29, 1.82) is 0 Å². The molecule has 0 saturated carbocycles. The maximum Gasteiger partial charge on any atom is 0.320 e. The number of urea groups is 1. The van der Waals surface area contributed by atoms with Gasteiger partial charge in [0.25, 0.3) is 0 Å². The van der Waals surface area contributed by atoms with E-state index in [9.17, 15) is 4.79 Å². The Morgan fingerprint density at radius 2 is 1.88 bits per heavy atom. The van der Waals surface area contributed by atoms with Crippen LogP contribution in [0.2, 0.25) is 0 Å². The van der Waals surface area contributed by atoms with Gasteiger partial charge in [-0.2, -0.15) is 0 Å². The second-order valence-electron chi connectivity index (χ2n) is 4.65. The van der Waals surface area contributed by atoms with Gasteiger partial charge in [0.15, 0.2) is 0 Å². The zero-order valence-electron chi connectivity index (χ0n) is 10.6. The van der Waals surface area contributed by atoms with E-state index in [4.69, 9.17) is 0 Å². The standard InChI is InChI=1S/C14H18N2O/c1-5-12-14(2,11-9-7-6-8-10-11)16(4)13(17)15(12)3/h5-10,12H,1H2,2-4H3/t12-,14-/m1/s1. The van der Waals surface area contributed by atoms with Gasteiger partial charge in [0.2, 0.25) is 0 Å². The smallest absolute Gasteiger partial charge is 0.319 e. The van der Waals surface area contributed by atoms with Gasteiger partial charge in [-0.3, -0.25) is 0 Å². The van der Waals surface area contributed by atoms with Crippen LogP contribution in [0, 0.1) is 0 Å². The van der Waals surface area contributed by atoms with Crippen LogP contribution in [-0.4, -0.2) is 36.0 Å². The first kappa shape index (κ1) is 11.7. The molecule has 1 fully saturated rings. The molecule has 1 aromatic rings. The van der Waals surface area contributed by atoms with Gasteiger partial charge in [-0.1, -0.05) is 36.4 Å². The molecule has 1 aliphatic heterocycles. The predicted molar refractivity (Wildman–Crippen MR) is 68.7 cm³/mol. The Hall–Kier alpha value is -1.77. The number of nitrogens with zero attached hydrogens (tertiary/aromatic N) is 2. The fraction of sp³-hybridized carbons (Fsp3) is 0.357. The van der Waals surface area contributed by atoms with Gasteiger partial charge in [0.05, 0.1) is 11.6 Å². The molecule has 0 N–H and O–H groups in total. The molecular weight excluding hydrogens is 212 g/mol. The minimum Gasteiger partial charge on any atom is -0.319 e. The van der Waals surface area contributed by atoms with Crippen LogP contribution in [0.5, 0.6) is 0 Å². The van der Waals surface area contributed by atoms with Crippen molar-refractivity contribution in [3.63, 3.8) is 0 Å². The molecule has 1 saturated heterocycles. The number of rotatable bonds is 2. The molecule has 3 nitrogen and oxygen atoms in total. The van der Waals surface area contributed by atoms with Crippen LogP contribution >= 0.6 is 0 Å². The molecule has 3 heteroatoms. The van der Waals surface area contributed by atoms with Gasteiger partial charge in [0, 0.05) is 14.1 Å². The molecule has 0 unspecified atom stereocenters. The van der Waals surface area contributed by atoms with Crippen molar-refractivity contribution in [2.24, 2.45) is 0 Å². The first-order chi connectivity index (χ1) is 8.03. The summed E-state index contributed by atoms with van der Waals surface area (Å²) in [5.74, 6) is 0. The molecule has 0 bridgehead atoms. The number of likely N-dealkylation sites (N-methyl/N-ethyl adjacent to an activating group) is 2. The van der Waals surface area contributed by atoms with Crippen molar-refractivity contribution in [1.82, 2.24) is 9.80 Å². The number of amides is 2. The summed E-state index contributed by atoms with van der Waals surface area (Å²) in [5.41, 5.74) is 0.777. The van der Waals surface area contributed by atoms with E-state index < -0.39 is 0 Å². The quantitative estimate of drug-likeness (QED) is 0.716. The van der Waals surface area contributed by atoms with Gasteiger partial charge < -0.3 is 9.80 Å². The highest BCUT2D eigenvalue weighted by Crippen LogP contribution is 2.39. The van der Waals surface area contributed by atoms with E-state index in [2.05, 4.69) is 25.6 Å². The van der Waals surface area contributed by atoms with Crippen LogP contribution in [0.4, 0.5) is 4.79 Å². The molecule has 0 radical (unpaired) electrons. The Morgan fingerprint density at radius 1 is 1.29 bits per heavy atom. The van der Waals surface area contributed by atoms with Gasteiger partial charge in [-0.05, 0) is 12.5 Å². The summed E-state index contributed by atoms with van der Waals surface area (Å²) in [4.78, 5) is 15.6. The lowest BCUT2D eigenvalue weighted by atomic mass is 9.84. The fourth-order valence-corrected chi connectivity index (χ4v) is 2.66. The fourth-order valence-electron chi connectivity index (χ4n) is 2.66. The summed E-state index contributed by atoms with van der Waals surface area (Å²) in [6.45, 7) is 5.94. The lowest BCUT2D eigenvalue weighted by Crippen LogP contribution is -2.43. The second kappa shape index (κ2) is 3.91. The van der Waals surface area contributed by atoms with E-state index in [1.54, 1.807) is 9.80 Å². The van der Waals surface area contributed by atoms with Crippen molar-refractivity contribution < 1.29 is 4.79 Å². The summed E-state index contributed by atoms with van der Waals surface area (Å²) >= 11 is 0. The highest BCUT2D eigenvalue weighted by molar-refractivity contribution is 5.79. The molecule has 17 heavy (non-hydrogen) atoms. The minimum atomic E-state index is -0.352. The Balaban J connectivity index is 2.55. The van der Waals surface area contributed by atoms with Crippen LogP contribution in [0.3, 0.4) is 0 Å². The zero-order chi connectivity index (χ0) is 12.6. The summed E-state index contributed by atoms with van der Waals surface area (Å²) in [6, 6.07) is 10.1. The van der Waals surface area contributed by atoms with Crippen LogP contribution < -0.4 is 0 Å². The first-order valence-corrected chi connectivity index (χ1v) is 5.72. The average Bonchev–Trinajstić information content (AvgIpc) is 2.53. The largest absolute Gasteiger partial charge is 0.320 e. The van der Waals surface area contributed by atoms with Gasteiger partial charge >= 0.3 is 6.03 Å². The number of hydrogen-bond donors (Lipinski definition) is 0. The van der Waals surface area contributed by atoms with Crippen LogP contribution in [-0.2, 0) is 5.54 Å². The molecule has 1 heterocycles. The van der Waals surface area contributed by atoms with E-state index in [1.807, 2.05) is 38.4 Å². The molecule has 2 rings (SSSR count). The van der Waals surface area contributed by atoms with Crippen molar-refractivity contribution in [3.8, 4) is 0 Å². The molecule has 0 aromatic heterocycles. The number of carbonyl (C=O) groups is 1. The minimum absolute atomic E-state index is 0.0117. The maximum absolute atomic E-state index is 12.1. The summed E-state index contributed by atoms with van der Waals surface area (Å²) in [5, 5.41) is 0. The monoisotopic (exact) mass is 230 g/mol. The topological polar surface area (TPSA) is 23.6 Å². The molecule has 90 valence electrons. The van der Waals surface area contributed by atoms with E-state index in [1.165, 1.54) is 0 Å². The first-order valence-electron chi connectivity index (χ1n) is 5.72. The SMILES string of the molecule is C=C[C@H]1N(C)C(=O)N(C)[C@]1(C)c1ccccc1. The van der Waals surface area contributed by atoms with Crippen LogP contribution in [0.15, 0.2) is 43.0 Å². The third-order valence-corrected chi connectivity index (χ3v) is 3.86. The Bertz CT molecular complexity index is 443. The number of hydrogen-bond acceptors (Lipinski definition) is 1. The number of carbonyl (C=O) groups excluding carboxylic acids is 1. The van der Waals surface area contributed by atoms with Crippen molar-refractivity contribution in [3.05, 3.63) is 48.6 Å². The maximum atomic E-state index is 12.1. The highest BCUT2D eigenvalue weighted by atomic mass is 16.2. The zero-order valence-corrected chi connectivity index (χ0v) is 10.6. The molecule has 1 aliphatic rings. The summed E-state index contributed by atoms with van der Waals surface area (Å²) in [6.07, 6.45) is 1.84. The van der Waals surface area contributed by atoms with E-state index in [0.29, 0.717) is 0 Å². The molecule has 0 spiro atoms. The summed E-state index contributed by atoms with van der Waals surface area (Å²) in [7, 11) is 3.66. The van der Waals surface area contributed by atoms with Crippen molar-refractivity contribution in [2.45, 2.75) is 18.5 Å². The molecule has 1 aromatic carbocycles. The van der Waals surface area contributed by atoms with Gasteiger partial charge in [-0.15, -0.1) is 6.58 Å².